The fourth-order valence-corrected chi connectivity index (χ4v) is 0.853. The Morgan fingerprint density at radius 1 is 1.17 bits per heavy atom. The van der Waals surface area contributed by atoms with E-state index in [9.17, 15) is 0 Å². The maximum absolute atomic E-state index is 9.10. The highest BCUT2D eigenvalue weighted by molar-refractivity contribution is 5.41. The summed E-state index contributed by atoms with van der Waals surface area (Å²) >= 11 is 0. The molecular formula is C8H10O4. The van der Waals surface area contributed by atoms with Crippen LogP contribution in [0.1, 0.15) is 11.7 Å². The molecule has 0 aliphatic heterocycles. The molecule has 1 atom stereocenters. The van der Waals surface area contributed by atoms with E-state index in [4.69, 9.17) is 20.4 Å². The van der Waals surface area contributed by atoms with Gasteiger partial charge in [0.15, 0.2) is 11.5 Å². The molecule has 4 heteroatoms. The van der Waals surface area contributed by atoms with Crippen LogP contribution in [0.3, 0.4) is 0 Å². The van der Waals surface area contributed by atoms with Crippen molar-refractivity contribution in [3.63, 3.8) is 0 Å². The maximum Gasteiger partial charge on any atom is 0.157 e. The van der Waals surface area contributed by atoms with Gasteiger partial charge in [-0.3, -0.25) is 0 Å². The zero-order valence-electron chi connectivity index (χ0n) is 6.31. The van der Waals surface area contributed by atoms with Crippen LogP contribution in [0.2, 0.25) is 0 Å². The van der Waals surface area contributed by atoms with Gasteiger partial charge < -0.3 is 20.4 Å². The molecule has 0 bridgehead atoms. The van der Waals surface area contributed by atoms with Gasteiger partial charge in [0.2, 0.25) is 0 Å². The second-order valence-electron chi connectivity index (χ2n) is 2.45. The highest BCUT2D eigenvalue weighted by Gasteiger charge is 2.07. The van der Waals surface area contributed by atoms with E-state index < -0.39 is 12.7 Å². The van der Waals surface area contributed by atoms with Crippen molar-refractivity contribution in [3.8, 4) is 11.5 Å². The van der Waals surface area contributed by atoms with Crippen molar-refractivity contribution >= 4 is 0 Å². The van der Waals surface area contributed by atoms with Crippen LogP contribution in [-0.4, -0.2) is 27.0 Å². The Labute approximate surface area is 69.3 Å². The van der Waals surface area contributed by atoms with Gasteiger partial charge in [0.05, 0.1) is 6.61 Å². The monoisotopic (exact) mass is 170 g/mol. The van der Waals surface area contributed by atoms with Crippen LogP contribution in [0.5, 0.6) is 11.5 Å². The van der Waals surface area contributed by atoms with Crippen molar-refractivity contribution in [3.05, 3.63) is 23.8 Å². The molecule has 1 aromatic rings. The SMILES string of the molecule is OC[C@@H](O)c1ccc(O)c(O)c1. The molecule has 0 saturated carbocycles. The van der Waals surface area contributed by atoms with Crippen LogP contribution < -0.4 is 0 Å². The van der Waals surface area contributed by atoms with Gasteiger partial charge in [0, 0.05) is 0 Å². The van der Waals surface area contributed by atoms with E-state index in [-0.39, 0.29) is 11.5 Å². The summed E-state index contributed by atoms with van der Waals surface area (Å²) in [5, 5.41) is 35.6. The summed E-state index contributed by atoms with van der Waals surface area (Å²) in [6.07, 6.45) is -1.02. The van der Waals surface area contributed by atoms with Crippen molar-refractivity contribution in [2.45, 2.75) is 6.10 Å². The molecule has 0 aliphatic carbocycles. The lowest BCUT2D eigenvalue weighted by molar-refractivity contribution is 0.0954. The van der Waals surface area contributed by atoms with Crippen LogP contribution in [0.25, 0.3) is 0 Å². The number of phenols is 2. The summed E-state index contributed by atoms with van der Waals surface area (Å²) in [7, 11) is 0. The van der Waals surface area contributed by atoms with E-state index in [2.05, 4.69) is 0 Å². The molecular weight excluding hydrogens is 160 g/mol. The lowest BCUT2D eigenvalue weighted by Gasteiger charge is -2.07. The lowest BCUT2D eigenvalue weighted by atomic mass is 10.1. The molecule has 66 valence electrons. The van der Waals surface area contributed by atoms with E-state index >= 15 is 0 Å². The van der Waals surface area contributed by atoms with E-state index in [1.807, 2.05) is 0 Å². The first-order chi connectivity index (χ1) is 5.65. The average Bonchev–Trinajstić information content (AvgIpc) is 2.08. The predicted octanol–water partition coefficient (Wildman–Crippen LogP) is 0.123. The Morgan fingerprint density at radius 2 is 1.83 bits per heavy atom. The lowest BCUT2D eigenvalue weighted by Crippen LogP contribution is -2.01. The number of aliphatic hydroxyl groups is 2. The first-order valence-corrected chi connectivity index (χ1v) is 3.46. The number of hydrogen-bond donors (Lipinski definition) is 4. The molecule has 12 heavy (non-hydrogen) atoms. The fraction of sp³-hybridized carbons (Fsp3) is 0.250. The Hall–Kier alpha value is -1.26. The van der Waals surface area contributed by atoms with Crippen LogP contribution in [0.15, 0.2) is 18.2 Å². The molecule has 0 radical (unpaired) electrons. The van der Waals surface area contributed by atoms with Crippen LogP contribution in [0.4, 0.5) is 0 Å². The summed E-state index contributed by atoms with van der Waals surface area (Å²) in [6.45, 7) is -0.412. The summed E-state index contributed by atoms with van der Waals surface area (Å²) in [6, 6.07) is 3.88. The Balaban J connectivity index is 2.96. The maximum atomic E-state index is 9.10. The normalized spacial score (nSPS) is 12.8. The third kappa shape index (κ3) is 1.66. The third-order valence-corrected chi connectivity index (χ3v) is 1.56. The number of hydrogen-bond acceptors (Lipinski definition) is 4. The minimum absolute atomic E-state index is 0.246. The average molecular weight is 170 g/mol. The molecule has 0 fully saturated rings. The molecule has 0 aliphatic rings. The van der Waals surface area contributed by atoms with Gasteiger partial charge in [0.1, 0.15) is 6.10 Å². The fourth-order valence-electron chi connectivity index (χ4n) is 0.853. The van der Waals surface area contributed by atoms with E-state index in [1.54, 1.807) is 0 Å². The molecule has 1 rings (SSSR count). The van der Waals surface area contributed by atoms with Gasteiger partial charge in [0.25, 0.3) is 0 Å². The highest BCUT2D eigenvalue weighted by atomic mass is 16.3. The van der Waals surface area contributed by atoms with E-state index in [1.165, 1.54) is 18.2 Å². The van der Waals surface area contributed by atoms with E-state index in [0.29, 0.717) is 5.56 Å². The summed E-state index contributed by atoms with van der Waals surface area (Å²) in [5.41, 5.74) is 0.368. The van der Waals surface area contributed by atoms with Crippen molar-refractivity contribution in [1.82, 2.24) is 0 Å². The summed E-state index contributed by atoms with van der Waals surface area (Å²) < 4.78 is 0. The second-order valence-corrected chi connectivity index (χ2v) is 2.45. The first kappa shape index (κ1) is 8.83. The summed E-state index contributed by atoms with van der Waals surface area (Å²) in [4.78, 5) is 0. The molecule has 4 N–H and O–H groups in total. The molecule has 0 spiro atoms. The van der Waals surface area contributed by atoms with Crippen LogP contribution in [0, 0.1) is 0 Å². The third-order valence-electron chi connectivity index (χ3n) is 1.56. The molecule has 0 amide bonds. The topological polar surface area (TPSA) is 80.9 Å². The van der Waals surface area contributed by atoms with Crippen molar-refractivity contribution in [1.29, 1.82) is 0 Å². The van der Waals surface area contributed by atoms with Gasteiger partial charge >= 0.3 is 0 Å². The highest BCUT2D eigenvalue weighted by Crippen LogP contribution is 2.27. The molecule has 1 aromatic carbocycles. The van der Waals surface area contributed by atoms with Crippen molar-refractivity contribution < 1.29 is 20.4 Å². The van der Waals surface area contributed by atoms with Gasteiger partial charge in [-0.05, 0) is 17.7 Å². The number of benzene rings is 1. The second kappa shape index (κ2) is 3.42. The van der Waals surface area contributed by atoms with Crippen molar-refractivity contribution in [2.24, 2.45) is 0 Å². The molecule has 4 nitrogen and oxygen atoms in total. The number of phenolic OH excluding ortho intramolecular Hbond substituents is 2. The van der Waals surface area contributed by atoms with Crippen molar-refractivity contribution in [2.75, 3.05) is 6.61 Å². The van der Waals surface area contributed by atoms with Crippen LogP contribution >= 0.6 is 0 Å². The Kier molecular flexibility index (Phi) is 2.52. The van der Waals surface area contributed by atoms with Gasteiger partial charge in [-0.15, -0.1) is 0 Å². The number of aromatic hydroxyl groups is 2. The van der Waals surface area contributed by atoms with Crippen LogP contribution in [-0.2, 0) is 0 Å². The molecule has 0 saturated heterocycles. The Morgan fingerprint density at radius 3 is 2.33 bits per heavy atom. The van der Waals surface area contributed by atoms with Gasteiger partial charge in [-0.2, -0.15) is 0 Å². The minimum Gasteiger partial charge on any atom is -0.504 e. The molecule has 0 aromatic heterocycles. The minimum atomic E-state index is -1.02. The largest absolute Gasteiger partial charge is 0.504 e. The van der Waals surface area contributed by atoms with Gasteiger partial charge in [-0.25, -0.2) is 0 Å². The standard InChI is InChI=1S/C8H10O4/c9-4-8(12)5-1-2-6(10)7(11)3-5/h1-3,8-12H,4H2/t8-/m1/s1. The molecule has 0 heterocycles. The number of aliphatic hydroxyl groups excluding tert-OH is 2. The van der Waals surface area contributed by atoms with E-state index in [0.717, 1.165) is 0 Å². The molecule has 0 unspecified atom stereocenters. The quantitative estimate of drug-likeness (QED) is 0.475. The zero-order chi connectivity index (χ0) is 9.14. The van der Waals surface area contributed by atoms with Gasteiger partial charge in [-0.1, -0.05) is 6.07 Å². The Bertz CT molecular complexity index is 272. The smallest absolute Gasteiger partial charge is 0.157 e. The summed E-state index contributed by atoms with van der Waals surface area (Å²) in [5.74, 6) is -0.552. The number of rotatable bonds is 2. The predicted molar refractivity (Wildman–Crippen MR) is 41.8 cm³/mol. The zero-order valence-corrected chi connectivity index (χ0v) is 6.31. The first-order valence-electron chi connectivity index (χ1n) is 3.46.